The molecule has 1 unspecified atom stereocenters. The Bertz CT molecular complexity index is 1400. The molecule has 5 heteroatoms. The van der Waals surface area contributed by atoms with E-state index in [9.17, 15) is 12.6 Å². The van der Waals surface area contributed by atoms with E-state index in [1.807, 2.05) is 68.4 Å². The second kappa shape index (κ2) is 8.61. The Morgan fingerprint density at radius 3 is 1.97 bits per heavy atom. The summed E-state index contributed by atoms with van der Waals surface area (Å²) in [4.78, 5) is 0.997. The minimum Gasteiger partial charge on any atom is -0.249 e. The van der Waals surface area contributed by atoms with Crippen LogP contribution in [0.4, 0.5) is 0 Å². The number of hydrogen-bond acceptors (Lipinski definition) is 3. The molecule has 3 nitrogen and oxygen atoms in total. The normalized spacial score (nSPS) is 13.3. The summed E-state index contributed by atoms with van der Waals surface area (Å²) < 4.78 is 39.9. The van der Waals surface area contributed by atoms with E-state index < -0.39 is 20.6 Å². The van der Waals surface area contributed by atoms with Crippen LogP contribution in [0.3, 0.4) is 0 Å². The fraction of sp³-hybridized carbons (Fsp3) is 0.0769. The maximum absolute atomic E-state index is 13.5. The number of benzene rings is 4. The molecule has 31 heavy (non-hydrogen) atoms. The van der Waals surface area contributed by atoms with Crippen molar-refractivity contribution in [2.75, 3.05) is 0 Å². The van der Waals surface area contributed by atoms with E-state index in [2.05, 4.69) is 0 Å². The van der Waals surface area contributed by atoms with Crippen molar-refractivity contribution in [2.45, 2.75) is 23.6 Å². The quantitative estimate of drug-likeness (QED) is 0.376. The lowest BCUT2D eigenvalue weighted by atomic mass is 10.1. The van der Waals surface area contributed by atoms with Crippen LogP contribution < -0.4 is 0 Å². The van der Waals surface area contributed by atoms with E-state index in [0.717, 1.165) is 27.3 Å². The zero-order valence-corrected chi connectivity index (χ0v) is 18.9. The first-order valence-electron chi connectivity index (χ1n) is 9.84. The molecule has 4 aromatic rings. The summed E-state index contributed by atoms with van der Waals surface area (Å²) in [7, 11) is -5.46. The molecule has 4 rings (SSSR count). The largest absolute Gasteiger partial charge is 0.249 e. The van der Waals surface area contributed by atoms with Crippen LogP contribution in [0, 0.1) is 13.8 Å². The monoisotopic (exact) mass is 446 g/mol. The minimum absolute atomic E-state index is 0.178. The first-order valence-corrected chi connectivity index (χ1v) is 12.5. The molecule has 0 aromatic heterocycles. The molecular weight excluding hydrogens is 424 g/mol. The van der Waals surface area contributed by atoms with Gasteiger partial charge in [-0.1, -0.05) is 71.8 Å². The SMILES string of the molecule is Cc1ccc(S(=O)/C(=C/S(=O)(=O)c2ccc(C)cc2)c2ccc3ccccc3c2)cc1. The molecule has 0 radical (unpaired) electrons. The van der Waals surface area contributed by atoms with Gasteiger partial charge >= 0.3 is 0 Å². The molecule has 1 atom stereocenters. The second-order valence-electron chi connectivity index (χ2n) is 7.48. The second-order valence-corrected chi connectivity index (χ2v) is 10.7. The van der Waals surface area contributed by atoms with E-state index in [-0.39, 0.29) is 9.80 Å². The van der Waals surface area contributed by atoms with Gasteiger partial charge in [0.25, 0.3) is 0 Å². The van der Waals surface area contributed by atoms with E-state index in [1.54, 1.807) is 36.4 Å². The van der Waals surface area contributed by atoms with Gasteiger partial charge < -0.3 is 0 Å². The van der Waals surface area contributed by atoms with Crippen LogP contribution in [0.1, 0.15) is 16.7 Å². The highest BCUT2D eigenvalue weighted by Gasteiger charge is 2.20. The standard InChI is InChI=1S/C26H22O3S2/c1-19-7-13-24(14-8-19)30(27)26(18-31(28,29)25-15-9-20(2)10-16-25)23-12-11-21-5-3-4-6-22(21)17-23/h3-18H,1-2H3/b26-18+. The van der Waals surface area contributed by atoms with E-state index in [1.165, 1.54) is 0 Å². The van der Waals surface area contributed by atoms with Crippen LogP contribution in [0.2, 0.25) is 0 Å². The third-order valence-corrected chi connectivity index (χ3v) is 8.16. The Labute approximate surface area is 185 Å². The summed E-state index contributed by atoms with van der Waals surface area (Å²) in [5.74, 6) is 0. The molecule has 156 valence electrons. The van der Waals surface area contributed by atoms with Gasteiger partial charge in [-0.3, -0.25) is 0 Å². The van der Waals surface area contributed by atoms with Gasteiger partial charge in [0.15, 0.2) is 0 Å². The highest BCUT2D eigenvalue weighted by molar-refractivity contribution is 7.99. The van der Waals surface area contributed by atoms with Crippen molar-refractivity contribution >= 4 is 36.3 Å². The van der Waals surface area contributed by atoms with Gasteiger partial charge in [-0.2, -0.15) is 0 Å². The van der Waals surface area contributed by atoms with Crippen LogP contribution in [0.5, 0.6) is 0 Å². The highest BCUT2D eigenvalue weighted by Crippen LogP contribution is 2.30. The molecule has 0 amide bonds. The van der Waals surface area contributed by atoms with Crippen LogP contribution in [-0.4, -0.2) is 12.6 Å². The summed E-state index contributed by atoms with van der Waals surface area (Å²) in [6.07, 6.45) is 0. The topological polar surface area (TPSA) is 51.2 Å². The fourth-order valence-corrected chi connectivity index (χ4v) is 6.06. The van der Waals surface area contributed by atoms with Crippen LogP contribution in [0.15, 0.2) is 106 Å². The smallest absolute Gasteiger partial charge is 0.201 e. The summed E-state index contributed by atoms with van der Waals surface area (Å²) in [6.45, 7) is 3.85. The zero-order chi connectivity index (χ0) is 22.0. The predicted molar refractivity (Wildman–Crippen MR) is 128 cm³/mol. The number of fused-ring (bicyclic) bond motifs is 1. The molecule has 0 aliphatic carbocycles. The van der Waals surface area contributed by atoms with Gasteiger partial charge in [0, 0.05) is 4.90 Å². The Morgan fingerprint density at radius 2 is 1.32 bits per heavy atom. The Hall–Kier alpha value is -3.02. The third-order valence-electron chi connectivity index (χ3n) is 5.08. The van der Waals surface area contributed by atoms with Crippen molar-refractivity contribution in [1.82, 2.24) is 0 Å². The molecule has 0 aliphatic heterocycles. The zero-order valence-electron chi connectivity index (χ0n) is 17.3. The summed E-state index contributed by atoms with van der Waals surface area (Å²) in [5.41, 5.74) is 2.64. The molecule has 0 bridgehead atoms. The highest BCUT2D eigenvalue weighted by atomic mass is 32.2. The number of sulfone groups is 1. The van der Waals surface area contributed by atoms with Crippen LogP contribution >= 0.6 is 0 Å². The summed E-state index contributed by atoms with van der Waals surface area (Å²) in [5, 5.41) is 3.14. The molecule has 0 spiro atoms. The number of aryl methyl sites for hydroxylation is 2. The molecule has 0 saturated carbocycles. The van der Waals surface area contributed by atoms with Gasteiger partial charge in [0.2, 0.25) is 9.84 Å². The first kappa shape index (κ1) is 21.2. The van der Waals surface area contributed by atoms with Crippen molar-refractivity contribution in [1.29, 1.82) is 0 Å². The summed E-state index contributed by atoms with van der Waals surface area (Å²) >= 11 is 0. The third kappa shape index (κ3) is 4.68. The van der Waals surface area contributed by atoms with E-state index in [0.29, 0.717) is 10.5 Å². The molecule has 0 N–H and O–H groups in total. The molecule has 0 heterocycles. The Kier molecular flexibility index (Phi) is 5.90. The minimum atomic E-state index is -3.79. The van der Waals surface area contributed by atoms with Crippen molar-refractivity contribution in [3.8, 4) is 0 Å². The number of hydrogen-bond donors (Lipinski definition) is 0. The average Bonchev–Trinajstić information content (AvgIpc) is 2.77. The van der Waals surface area contributed by atoms with Crippen molar-refractivity contribution in [3.05, 3.63) is 113 Å². The maximum atomic E-state index is 13.5. The van der Waals surface area contributed by atoms with Gasteiger partial charge in [-0.15, -0.1) is 0 Å². The van der Waals surface area contributed by atoms with Crippen LogP contribution in [-0.2, 0) is 20.6 Å². The van der Waals surface area contributed by atoms with E-state index in [4.69, 9.17) is 0 Å². The Balaban J connectivity index is 1.89. The van der Waals surface area contributed by atoms with Gasteiger partial charge in [-0.25, -0.2) is 12.6 Å². The van der Waals surface area contributed by atoms with Crippen LogP contribution in [0.25, 0.3) is 15.7 Å². The van der Waals surface area contributed by atoms with Gasteiger partial charge in [-0.05, 0) is 60.5 Å². The lowest BCUT2D eigenvalue weighted by Crippen LogP contribution is -2.03. The lowest BCUT2D eigenvalue weighted by molar-refractivity contribution is 0.604. The Morgan fingerprint density at radius 1 is 0.742 bits per heavy atom. The van der Waals surface area contributed by atoms with Crippen molar-refractivity contribution < 1.29 is 12.6 Å². The maximum Gasteiger partial charge on any atom is 0.201 e. The van der Waals surface area contributed by atoms with Gasteiger partial charge in [0.05, 0.1) is 26.0 Å². The average molecular weight is 447 g/mol. The fourth-order valence-electron chi connectivity index (χ4n) is 3.29. The molecule has 0 saturated heterocycles. The lowest BCUT2D eigenvalue weighted by Gasteiger charge is -2.11. The van der Waals surface area contributed by atoms with Gasteiger partial charge in [0.1, 0.15) is 0 Å². The number of rotatable bonds is 5. The van der Waals surface area contributed by atoms with E-state index >= 15 is 0 Å². The molecular formula is C26H22O3S2. The van der Waals surface area contributed by atoms with Crippen molar-refractivity contribution in [3.63, 3.8) is 0 Å². The molecule has 0 fully saturated rings. The molecule has 4 aromatic carbocycles. The molecule has 0 aliphatic rings. The predicted octanol–water partition coefficient (Wildman–Crippen LogP) is 6.04. The summed E-state index contributed by atoms with van der Waals surface area (Å²) in [6, 6.07) is 27.4. The first-order chi connectivity index (χ1) is 14.8. The van der Waals surface area contributed by atoms with Crippen molar-refractivity contribution in [2.24, 2.45) is 0 Å².